The minimum Gasteiger partial charge on any atom is -0.267 e. The maximum absolute atomic E-state index is 11.6. The first-order chi connectivity index (χ1) is 10.3. The molecule has 0 spiro atoms. The highest BCUT2D eigenvalue weighted by Gasteiger charge is 2.01. The van der Waals surface area contributed by atoms with Crippen LogP contribution in [0.25, 0.3) is 0 Å². The Morgan fingerprint density at radius 2 is 1.81 bits per heavy atom. The van der Waals surface area contributed by atoms with Gasteiger partial charge in [-0.25, -0.2) is 5.43 Å². The first kappa shape index (κ1) is 17.1. The quantitative estimate of drug-likeness (QED) is 0.305. The van der Waals surface area contributed by atoms with E-state index in [-0.39, 0.29) is 5.91 Å². The predicted molar refractivity (Wildman–Crippen MR) is 87.3 cm³/mol. The van der Waals surface area contributed by atoms with Gasteiger partial charge < -0.3 is 0 Å². The normalized spacial score (nSPS) is 11.3. The van der Waals surface area contributed by atoms with E-state index in [4.69, 9.17) is 0 Å². The summed E-state index contributed by atoms with van der Waals surface area (Å²) in [6.45, 7) is 2.06. The van der Waals surface area contributed by atoms with Gasteiger partial charge in [0.05, 0.1) is 0 Å². The molecule has 0 bridgehead atoms. The smallest absolute Gasteiger partial charge is 0.267 e. The van der Waals surface area contributed by atoms with Crippen molar-refractivity contribution in [2.24, 2.45) is 5.10 Å². The van der Waals surface area contributed by atoms with Crippen molar-refractivity contribution in [2.45, 2.75) is 51.9 Å². The lowest BCUT2D eigenvalue weighted by Crippen LogP contribution is -2.17. The van der Waals surface area contributed by atoms with E-state index in [0.29, 0.717) is 5.56 Å². The van der Waals surface area contributed by atoms with E-state index in [9.17, 15) is 4.79 Å². The number of allylic oxidation sites excluding steroid dienone is 2. The summed E-state index contributed by atoms with van der Waals surface area (Å²) in [5.41, 5.74) is 3.09. The third-order valence-electron chi connectivity index (χ3n) is 3.14. The van der Waals surface area contributed by atoms with Gasteiger partial charge in [0.15, 0.2) is 0 Å². The highest BCUT2D eigenvalue weighted by Crippen LogP contribution is 2.06. The predicted octanol–water partition coefficient (Wildman–Crippen LogP) is 4.10. The molecule has 0 fully saturated rings. The van der Waals surface area contributed by atoms with E-state index in [1.807, 2.05) is 0 Å². The minimum absolute atomic E-state index is 0.197. The molecule has 0 aromatic carbocycles. The van der Waals surface area contributed by atoms with Crippen molar-refractivity contribution >= 4 is 12.1 Å². The van der Waals surface area contributed by atoms with E-state index in [1.54, 1.807) is 30.7 Å². The third-order valence-corrected chi connectivity index (χ3v) is 3.14. The highest BCUT2D eigenvalue weighted by atomic mass is 16.2. The topological polar surface area (TPSA) is 54.4 Å². The molecule has 0 atom stereocenters. The van der Waals surface area contributed by atoms with Crippen LogP contribution >= 0.6 is 0 Å². The zero-order chi connectivity index (χ0) is 15.2. The van der Waals surface area contributed by atoms with Crippen molar-refractivity contribution in [1.82, 2.24) is 10.4 Å². The van der Waals surface area contributed by atoms with E-state index < -0.39 is 0 Å². The molecule has 1 heterocycles. The Morgan fingerprint density at radius 1 is 1.14 bits per heavy atom. The van der Waals surface area contributed by atoms with Crippen molar-refractivity contribution < 1.29 is 4.79 Å². The summed E-state index contributed by atoms with van der Waals surface area (Å²) in [6.07, 6.45) is 17.6. The molecule has 1 N–H and O–H groups in total. The highest BCUT2D eigenvalue weighted by molar-refractivity contribution is 5.94. The van der Waals surface area contributed by atoms with Crippen LogP contribution in [-0.2, 0) is 0 Å². The number of hydrazone groups is 1. The molecule has 0 saturated carbocycles. The molecule has 1 rings (SSSR count). The molecular formula is C17H25N3O. The fourth-order valence-corrected chi connectivity index (χ4v) is 1.93. The number of rotatable bonds is 10. The van der Waals surface area contributed by atoms with Crippen LogP contribution < -0.4 is 5.43 Å². The monoisotopic (exact) mass is 287 g/mol. The van der Waals surface area contributed by atoms with Crippen LogP contribution in [-0.4, -0.2) is 17.1 Å². The summed E-state index contributed by atoms with van der Waals surface area (Å²) in [6, 6.07) is 3.33. The average Bonchev–Trinajstić information content (AvgIpc) is 2.53. The van der Waals surface area contributed by atoms with Crippen molar-refractivity contribution in [3.63, 3.8) is 0 Å². The number of amides is 1. The van der Waals surface area contributed by atoms with Crippen LogP contribution in [0.3, 0.4) is 0 Å². The largest absolute Gasteiger partial charge is 0.271 e. The maximum Gasteiger partial charge on any atom is 0.271 e. The molecule has 4 heteroatoms. The lowest BCUT2D eigenvalue weighted by atomic mass is 10.1. The Labute approximate surface area is 127 Å². The van der Waals surface area contributed by atoms with E-state index in [2.05, 4.69) is 34.6 Å². The van der Waals surface area contributed by atoms with Gasteiger partial charge in [-0.05, 0) is 44.7 Å². The first-order valence-corrected chi connectivity index (χ1v) is 7.67. The van der Waals surface area contributed by atoms with Crippen LogP contribution in [0.2, 0.25) is 0 Å². The average molecular weight is 287 g/mol. The van der Waals surface area contributed by atoms with Gasteiger partial charge in [0.25, 0.3) is 5.91 Å². The molecule has 0 unspecified atom stereocenters. The number of unbranched alkanes of at least 4 members (excludes halogenated alkanes) is 6. The Hall–Kier alpha value is -1.97. The van der Waals surface area contributed by atoms with Gasteiger partial charge in [-0.2, -0.15) is 5.10 Å². The van der Waals surface area contributed by atoms with Crippen LogP contribution in [0.4, 0.5) is 0 Å². The zero-order valence-corrected chi connectivity index (χ0v) is 12.8. The molecule has 0 saturated heterocycles. The third kappa shape index (κ3) is 8.74. The van der Waals surface area contributed by atoms with Gasteiger partial charge >= 0.3 is 0 Å². The molecule has 21 heavy (non-hydrogen) atoms. The summed E-state index contributed by atoms with van der Waals surface area (Å²) in [7, 11) is 0. The Bertz CT molecular complexity index is 441. The molecule has 0 radical (unpaired) electrons. The number of hydrogen-bond donors (Lipinski definition) is 1. The second-order valence-electron chi connectivity index (χ2n) is 4.90. The summed E-state index contributed by atoms with van der Waals surface area (Å²) in [4.78, 5) is 15.5. The summed E-state index contributed by atoms with van der Waals surface area (Å²) < 4.78 is 0. The summed E-state index contributed by atoms with van der Waals surface area (Å²) in [5, 5.41) is 3.95. The van der Waals surface area contributed by atoms with E-state index in [1.165, 1.54) is 32.1 Å². The van der Waals surface area contributed by atoms with Gasteiger partial charge in [0, 0.05) is 24.2 Å². The van der Waals surface area contributed by atoms with Crippen LogP contribution in [0.15, 0.2) is 41.8 Å². The molecule has 114 valence electrons. The van der Waals surface area contributed by atoms with Crippen molar-refractivity contribution in [3.05, 3.63) is 42.2 Å². The number of carbonyl (C=O) groups excluding carboxylic acids is 1. The molecule has 0 aliphatic rings. The number of aromatic nitrogens is 1. The lowest BCUT2D eigenvalue weighted by Gasteiger charge is -1.99. The van der Waals surface area contributed by atoms with Gasteiger partial charge in [-0.3, -0.25) is 9.78 Å². The van der Waals surface area contributed by atoms with E-state index >= 15 is 0 Å². The second-order valence-corrected chi connectivity index (χ2v) is 4.90. The van der Waals surface area contributed by atoms with E-state index in [0.717, 1.165) is 12.8 Å². The van der Waals surface area contributed by atoms with Gasteiger partial charge in [0.2, 0.25) is 0 Å². The summed E-state index contributed by atoms with van der Waals surface area (Å²) >= 11 is 0. The first-order valence-electron chi connectivity index (χ1n) is 7.67. The number of carbonyl (C=O) groups is 1. The maximum atomic E-state index is 11.6. The standard InChI is InChI=1S/C17H25N3O/c1-2-3-4-5-6-7-8-9-10-13-19-20-17(21)16-11-14-18-15-12-16/h2-3,11-15H,4-10H2,1H3,(H,20,21)/b3-2+,19-13?. The molecule has 1 aromatic rings. The lowest BCUT2D eigenvalue weighted by molar-refractivity contribution is 0.0955. The van der Waals surface area contributed by atoms with Gasteiger partial charge in [-0.1, -0.05) is 31.4 Å². The van der Waals surface area contributed by atoms with Crippen LogP contribution in [0, 0.1) is 0 Å². The SMILES string of the molecule is C/C=C/CCCCCCCC=NNC(=O)c1ccncc1. The Morgan fingerprint density at radius 3 is 2.52 bits per heavy atom. The van der Waals surface area contributed by atoms with Crippen LogP contribution in [0.1, 0.15) is 62.2 Å². The number of pyridine rings is 1. The fourth-order valence-electron chi connectivity index (χ4n) is 1.93. The van der Waals surface area contributed by atoms with Gasteiger partial charge in [0.1, 0.15) is 0 Å². The van der Waals surface area contributed by atoms with Gasteiger partial charge in [-0.15, -0.1) is 0 Å². The molecule has 4 nitrogen and oxygen atoms in total. The fraction of sp³-hybridized carbons (Fsp3) is 0.471. The number of hydrogen-bond acceptors (Lipinski definition) is 3. The Kier molecular flexibility index (Phi) is 9.62. The molecule has 0 aliphatic carbocycles. The van der Waals surface area contributed by atoms with Crippen molar-refractivity contribution in [1.29, 1.82) is 0 Å². The molecule has 1 amide bonds. The molecule has 1 aromatic heterocycles. The van der Waals surface area contributed by atoms with Crippen molar-refractivity contribution in [2.75, 3.05) is 0 Å². The number of nitrogens with one attached hydrogen (secondary N) is 1. The molecular weight excluding hydrogens is 262 g/mol. The van der Waals surface area contributed by atoms with Crippen LogP contribution in [0.5, 0.6) is 0 Å². The van der Waals surface area contributed by atoms with Crippen molar-refractivity contribution in [3.8, 4) is 0 Å². The zero-order valence-electron chi connectivity index (χ0n) is 12.8. The Balaban J connectivity index is 1.99. The minimum atomic E-state index is -0.197. The number of nitrogens with zero attached hydrogens (tertiary/aromatic N) is 2. The molecule has 0 aliphatic heterocycles. The second kappa shape index (κ2) is 11.8. The summed E-state index contributed by atoms with van der Waals surface area (Å²) in [5.74, 6) is -0.197.